The fourth-order valence-electron chi connectivity index (χ4n) is 2.48. The molecular weight excluding hydrogens is 367 g/mol. The highest BCUT2D eigenvalue weighted by Crippen LogP contribution is 2.33. The number of fused-ring (bicyclic) bond motifs is 1. The Morgan fingerprint density at radius 3 is 2.50 bits per heavy atom. The zero-order valence-electron chi connectivity index (χ0n) is 13.5. The number of benzene rings is 2. The van der Waals surface area contributed by atoms with Gasteiger partial charge in [0.2, 0.25) is 9.70 Å². The molecule has 0 radical (unpaired) electrons. The molecule has 0 bridgehead atoms. The maximum Gasteiger partial charge on any atom is 0.228 e. The number of carbonyl (C=O) groups excluding carboxylic acids is 1. The molecule has 2 aromatic carbocycles. The number of alkyl halides is 3. The summed E-state index contributed by atoms with van der Waals surface area (Å²) in [5.41, 5.74) is 0.804. The molecule has 0 aliphatic carbocycles. The molecule has 0 aromatic heterocycles. The second kappa shape index (κ2) is 8.80. The summed E-state index contributed by atoms with van der Waals surface area (Å²) >= 11 is 18.2. The molecule has 3 nitrogen and oxygen atoms in total. The molecule has 2 N–H and O–H groups in total. The van der Waals surface area contributed by atoms with Crippen LogP contribution >= 0.6 is 34.8 Å². The van der Waals surface area contributed by atoms with Crippen molar-refractivity contribution in [1.82, 2.24) is 5.32 Å². The van der Waals surface area contributed by atoms with Crippen molar-refractivity contribution in [1.29, 1.82) is 0 Å². The Balaban J connectivity index is 2.15. The minimum Gasteiger partial charge on any atom is -0.361 e. The number of unbranched alkanes of at least 4 members (excludes halogenated alkanes) is 2. The van der Waals surface area contributed by atoms with Gasteiger partial charge in [0.15, 0.2) is 0 Å². The van der Waals surface area contributed by atoms with Gasteiger partial charge in [-0.15, -0.1) is 0 Å². The molecule has 6 heteroatoms. The van der Waals surface area contributed by atoms with Crippen LogP contribution in [0.5, 0.6) is 0 Å². The van der Waals surface area contributed by atoms with Crippen molar-refractivity contribution in [3.63, 3.8) is 0 Å². The molecule has 0 fully saturated rings. The third kappa shape index (κ3) is 5.44. The maximum absolute atomic E-state index is 12.1. The highest BCUT2D eigenvalue weighted by molar-refractivity contribution is 6.68. The Kier molecular flexibility index (Phi) is 7.02. The van der Waals surface area contributed by atoms with Gasteiger partial charge in [-0.1, -0.05) is 91.0 Å². The lowest BCUT2D eigenvalue weighted by atomic mass is 10.1. The van der Waals surface area contributed by atoms with E-state index in [0.29, 0.717) is 6.42 Å². The molecule has 0 spiro atoms. The van der Waals surface area contributed by atoms with Gasteiger partial charge >= 0.3 is 0 Å². The Morgan fingerprint density at radius 2 is 1.79 bits per heavy atom. The Labute approximate surface area is 157 Å². The van der Waals surface area contributed by atoms with Crippen molar-refractivity contribution in [2.75, 3.05) is 5.32 Å². The van der Waals surface area contributed by atoms with E-state index in [0.717, 1.165) is 35.7 Å². The van der Waals surface area contributed by atoms with Gasteiger partial charge in [-0.3, -0.25) is 4.79 Å². The van der Waals surface area contributed by atoms with Crippen molar-refractivity contribution in [2.45, 2.75) is 42.6 Å². The summed E-state index contributed by atoms with van der Waals surface area (Å²) < 4.78 is -1.67. The topological polar surface area (TPSA) is 41.1 Å². The van der Waals surface area contributed by atoms with Crippen LogP contribution in [0.3, 0.4) is 0 Å². The summed E-state index contributed by atoms with van der Waals surface area (Å²) in [5.74, 6) is -0.132. The van der Waals surface area contributed by atoms with Crippen LogP contribution in [0.2, 0.25) is 0 Å². The van der Waals surface area contributed by atoms with E-state index < -0.39 is 9.96 Å². The average molecular weight is 388 g/mol. The van der Waals surface area contributed by atoms with Gasteiger partial charge in [0.25, 0.3) is 0 Å². The lowest BCUT2D eigenvalue weighted by Crippen LogP contribution is -2.49. The van der Waals surface area contributed by atoms with Gasteiger partial charge < -0.3 is 10.6 Å². The number of anilines is 1. The molecule has 0 saturated carbocycles. The molecule has 130 valence electrons. The van der Waals surface area contributed by atoms with Crippen molar-refractivity contribution in [3.8, 4) is 0 Å². The fourth-order valence-corrected chi connectivity index (χ4v) is 2.80. The minimum absolute atomic E-state index is 0.132. The van der Waals surface area contributed by atoms with Gasteiger partial charge in [-0.25, -0.2) is 0 Å². The molecule has 24 heavy (non-hydrogen) atoms. The smallest absolute Gasteiger partial charge is 0.228 e. The number of halogens is 3. The van der Waals surface area contributed by atoms with Crippen molar-refractivity contribution >= 4 is 57.2 Å². The summed E-state index contributed by atoms with van der Waals surface area (Å²) in [7, 11) is 0. The van der Waals surface area contributed by atoms with Crippen LogP contribution in [0.15, 0.2) is 42.5 Å². The van der Waals surface area contributed by atoms with Crippen molar-refractivity contribution < 1.29 is 4.79 Å². The molecule has 1 atom stereocenters. The molecular formula is C18H21Cl3N2O. The Morgan fingerprint density at radius 1 is 1.08 bits per heavy atom. The molecule has 1 amide bonds. The minimum atomic E-state index is -1.67. The third-order valence-corrected chi connectivity index (χ3v) is 4.38. The number of carbonyl (C=O) groups is 1. The monoisotopic (exact) mass is 386 g/mol. The highest BCUT2D eigenvalue weighted by atomic mass is 35.6. The first-order chi connectivity index (χ1) is 11.4. The van der Waals surface area contributed by atoms with E-state index in [1.54, 1.807) is 0 Å². The number of nitrogens with one attached hydrogen (secondary N) is 2. The van der Waals surface area contributed by atoms with Gasteiger partial charge in [0.1, 0.15) is 6.17 Å². The van der Waals surface area contributed by atoms with Crippen molar-refractivity contribution in [2.24, 2.45) is 0 Å². The second-order valence-corrected chi connectivity index (χ2v) is 8.04. The third-order valence-electron chi connectivity index (χ3n) is 3.73. The molecule has 0 saturated heterocycles. The van der Waals surface area contributed by atoms with Crippen LogP contribution in [0.25, 0.3) is 10.8 Å². The van der Waals surface area contributed by atoms with E-state index in [1.165, 1.54) is 0 Å². The van der Waals surface area contributed by atoms with E-state index in [2.05, 4.69) is 17.6 Å². The highest BCUT2D eigenvalue weighted by Gasteiger charge is 2.34. The average Bonchev–Trinajstić information content (AvgIpc) is 2.54. The summed E-state index contributed by atoms with van der Waals surface area (Å²) in [6.45, 7) is 2.09. The number of rotatable bonds is 7. The summed E-state index contributed by atoms with van der Waals surface area (Å²) in [6, 6.07) is 13.7. The molecule has 0 aliphatic heterocycles. The van der Waals surface area contributed by atoms with Gasteiger partial charge in [-0.05, 0) is 17.9 Å². The number of amides is 1. The molecule has 2 rings (SSSR count). The molecule has 2 aromatic rings. The van der Waals surface area contributed by atoms with E-state index in [-0.39, 0.29) is 5.91 Å². The summed E-state index contributed by atoms with van der Waals surface area (Å²) in [4.78, 5) is 12.1. The first-order valence-electron chi connectivity index (χ1n) is 8.02. The van der Waals surface area contributed by atoms with Crippen LogP contribution in [0.1, 0.15) is 32.6 Å². The molecule has 0 aliphatic rings. The van der Waals surface area contributed by atoms with E-state index in [4.69, 9.17) is 34.8 Å². The van der Waals surface area contributed by atoms with Crippen LogP contribution in [0.4, 0.5) is 5.69 Å². The van der Waals surface area contributed by atoms with Crippen LogP contribution in [0, 0.1) is 0 Å². The largest absolute Gasteiger partial charge is 0.361 e. The lowest BCUT2D eigenvalue weighted by Gasteiger charge is -2.28. The predicted octanol–water partition coefficient (Wildman–Crippen LogP) is 5.64. The van der Waals surface area contributed by atoms with Crippen LogP contribution in [-0.4, -0.2) is 15.9 Å². The Hall–Kier alpha value is -1.16. The van der Waals surface area contributed by atoms with E-state index in [9.17, 15) is 4.79 Å². The first kappa shape index (κ1) is 19.2. The van der Waals surface area contributed by atoms with Crippen molar-refractivity contribution in [3.05, 3.63) is 42.5 Å². The molecule has 0 heterocycles. The van der Waals surface area contributed by atoms with Gasteiger partial charge in [-0.2, -0.15) is 0 Å². The summed E-state index contributed by atoms with van der Waals surface area (Å²) in [6.07, 6.45) is 2.48. The summed E-state index contributed by atoms with van der Waals surface area (Å²) in [5, 5.41) is 8.01. The van der Waals surface area contributed by atoms with E-state index in [1.807, 2.05) is 42.5 Å². The van der Waals surface area contributed by atoms with Gasteiger partial charge in [0.05, 0.1) is 0 Å². The van der Waals surface area contributed by atoms with E-state index >= 15 is 0 Å². The van der Waals surface area contributed by atoms with Gasteiger partial charge in [0, 0.05) is 17.5 Å². The normalized spacial score (nSPS) is 12.8. The number of hydrogen-bond donors (Lipinski definition) is 2. The second-order valence-electron chi connectivity index (χ2n) is 5.67. The standard InChI is InChI=1S/C18H21Cl3N2O/c1-2-3-4-12-16(24)23-17(18(19,20)21)22-15-11-7-9-13-8-5-6-10-14(13)15/h5-11,17,22H,2-4,12H2,1H3,(H,23,24). The van der Waals surface area contributed by atoms with Crippen LogP contribution in [-0.2, 0) is 4.79 Å². The quantitative estimate of drug-likeness (QED) is 0.366. The first-order valence-corrected chi connectivity index (χ1v) is 9.15. The Bertz CT molecular complexity index is 680. The SMILES string of the molecule is CCCCCC(=O)NC(Nc1cccc2ccccc12)C(Cl)(Cl)Cl. The zero-order valence-corrected chi connectivity index (χ0v) is 15.8. The predicted molar refractivity (Wildman–Crippen MR) is 104 cm³/mol. The maximum atomic E-state index is 12.1. The zero-order chi connectivity index (χ0) is 17.6. The lowest BCUT2D eigenvalue weighted by molar-refractivity contribution is -0.121. The molecule has 1 unspecified atom stereocenters. The van der Waals surface area contributed by atoms with Crippen LogP contribution < -0.4 is 10.6 Å². The fraction of sp³-hybridized carbons (Fsp3) is 0.389. The number of hydrogen-bond acceptors (Lipinski definition) is 2.